The predicted octanol–water partition coefficient (Wildman–Crippen LogP) is 3.94. The molecule has 1 aromatic carbocycles. The molecule has 3 heterocycles. The molecule has 0 saturated carbocycles. The van der Waals surface area contributed by atoms with Crippen molar-refractivity contribution in [2.24, 2.45) is 7.05 Å². The Kier molecular flexibility index (Phi) is 5.15. The number of likely N-dealkylation sites (tertiary alicyclic amines) is 1. The summed E-state index contributed by atoms with van der Waals surface area (Å²) in [5, 5.41) is 4.05. The number of aromatic nitrogens is 4. The molecule has 1 unspecified atom stereocenters. The number of carbonyl (C=O) groups is 1. The van der Waals surface area contributed by atoms with Crippen molar-refractivity contribution in [2.75, 3.05) is 6.54 Å². The standard InChI is InChI=1S/C22H29N5O2/c1-22(2,3)21-24-18(29-25-21)12-7-13-19(28)27-14-8-11-17(27)20-23-15-9-5-6-10-16(15)26(20)4/h5-6,9-10,17H,7-8,11-14H2,1-4H3. The van der Waals surface area contributed by atoms with E-state index >= 15 is 0 Å². The van der Waals surface area contributed by atoms with Gasteiger partial charge in [-0.3, -0.25) is 4.79 Å². The first-order valence-corrected chi connectivity index (χ1v) is 10.4. The van der Waals surface area contributed by atoms with Gasteiger partial charge in [-0.15, -0.1) is 0 Å². The Morgan fingerprint density at radius 1 is 1.24 bits per heavy atom. The second kappa shape index (κ2) is 7.61. The maximum Gasteiger partial charge on any atom is 0.226 e. The highest BCUT2D eigenvalue weighted by Crippen LogP contribution is 2.33. The first kappa shape index (κ1) is 19.6. The van der Waals surface area contributed by atoms with Crippen molar-refractivity contribution >= 4 is 16.9 Å². The van der Waals surface area contributed by atoms with E-state index in [0.29, 0.717) is 31.0 Å². The molecule has 1 atom stereocenters. The number of imidazole rings is 1. The quantitative estimate of drug-likeness (QED) is 0.654. The fraction of sp³-hybridized carbons (Fsp3) is 0.545. The van der Waals surface area contributed by atoms with Gasteiger partial charge in [0.1, 0.15) is 5.82 Å². The zero-order chi connectivity index (χ0) is 20.6. The molecule has 0 N–H and O–H groups in total. The van der Waals surface area contributed by atoms with Crippen molar-refractivity contribution in [3.05, 3.63) is 41.8 Å². The summed E-state index contributed by atoms with van der Waals surface area (Å²) in [6, 6.07) is 8.17. The molecule has 0 aliphatic carbocycles. The third kappa shape index (κ3) is 3.91. The molecule has 1 amide bonds. The Hall–Kier alpha value is -2.70. The van der Waals surface area contributed by atoms with E-state index < -0.39 is 0 Å². The second-order valence-electron chi connectivity index (χ2n) is 8.88. The van der Waals surface area contributed by atoms with E-state index in [1.807, 2.05) is 30.1 Å². The summed E-state index contributed by atoms with van der Waals surface area (Å²) in [6.45, 7) is 6.96. The molecule has 4 rings (SSSR count). The fourth-order valence-corrected chi connectivity index (χ4v) is 3.99. The molecule has 0 radical (unpaired) electrons. The van der Waals surface area contributed by atoms with E-state index in [0.717, 1.165) is 36.2 Å². The van der Waals surface area contributed by atoms with Crippen LogP contribution in [-0.2, 0) is 23.7 Å². The van der Waals surface area contributed by atoms with E-state index in [-0.39, 0.29) is 17.4 Å². The van der Waals surface area contributed by atoms with Crippen LogP contribution < -0.4 is 0 Å². The van der Waals surface area contributed by atoms with Crippen LogP contribution in [0.15, 0.2) is 28.8 Å². The summed E-state index contributed by atoms with van der Waals surface area (Å²) in [4.78, 5) is 24.2. The lowest BCUT2D eigenvalue weighted by Gasteiger charge is -2.24. The summed E-state index contributed by atoms with van der Waals surface area (Å²) in [7, 11) is 2.04. The Labute approximate surface area is 171 Å². The normalized spacial score (nSPS) is 17.4. The van der Waals surface area contributed by atoms with Crippen LogP contribution in [0.1, 0.15) is 70.0 Å². The molecule has 154 valence electrons. The van der Waals surface area contributed by atoms with E-state index in [1.54, 1.807) is 0 Å². The Morgan fingerprint density at radius 3 is 2.76 bits per heavy atom. The van der Waals surface area contributed by atoms with Crippen LogP contribution in [-0.4, -0.2) is 37.0 Å². The van der Waals surface area contributed by atoms with Gasteiger partial charge in [0.15, 0.2) is 5.82 Å². The second-order valence-corrected chi connectivity index (χ2v) is 8.88. The lowest BCUT2D eigenvalue weighted by molar-refractivity contribution is -0.132. The van der Waals surface area contributed by atoms with Crippen LogP contribution in [0.25, 0.3) is 11.0 Å². The number of carbonyl (C=O) groups excluding carboxylic acids is 1. The third-order valence-electron chi connectivity index (χ3n) is 5.61. The van der Waals surface area contributed by atoms with Gasteiger partial charge in [-0.05, 0) is 31.4 Å². The number of para-hydroxylation sites is 2. The van der Waals surface area contributed by atoms with E-state index in [1.165, 1.54) is 0 Å². The van der Waals surface area contributed by atoms with E-state index in [2.05, 4.69) is 41.5 Å². The highest BCUT2D eigenvalue weighted by Gasteiger charge is 2.33. The highest BCUT2D eigenvalue weighted by atomic mass is 16.5. The zero-order valence-electron chi connectivity index (χ0n) is 17.7. The van der Waals surface area contributed by atoms with Gasteiger partial charge in [-0.2, -0.15) is 4.98 Å². The van der Waals surface area contributed by atoms with Gasteiger partial charge in [-0.1, -0.05) is 38.1 Å². The number of hydrogen-bond donors (Lipinski definition) is 0. The van der Waals surface area contributed by atoms with Crippen LogP contribution in [0.2, 0.25) is 0 Å². The lowest BCUT2D eigenvalue weighted by atomic mass is 9.96. The molecule has 1 saturated heterocycles. The van der Waals surface area contributed by atoms with Gasteiger partial charge in [0.25, 0.3) is 0 Å². The van der Waals surface area contributed by atoms with Crippen LogP contribution >= 0.6 is 0 Å². The summed E-state index contributed by atoms with van der Waals surface area (Å²) in [6.07, 6.45) is 3.78. The molecule has 0 bridgehead atoms. The molecule has 7 nitrogen and oxygen atoms in total. The van der Waals surface area contributed by atoms with Crippen molar-refractivity contribution in [3.8, 4) is 0 Å². The van der Waals surface area contributed by atoms with Crippen LogP contribution in [0.5, 0.6) is 0 Å². The fourth-order valence-electron chi connectivity index (χ4n) is 3.99. The van der Waals surface area contributed by atoms with Crippen LogP contribution in [0.4, 0.5) is 0 Å². The summed E-state index contributed by atoms with van der Waals surface area (Å²) in [5.74, 6) is 2.47. The molecule has 7 heteroatoms. The predicted molar refractivity (Wildman–Crippen MR) is 110 cm³/mol. The molecule has 1 aliphatic heterocycles. The van der Waals surface area contributed by atoms with Gasteiger partial charge < -0.3 is 14.0 Å². The number of aryl methyl sites for hydroxylation is 2. The van der Waals surface area contributed by atoms with Crippen molar-refractivity contribution in [1.82, 2.24) is 24.6 Å². The van der Waals surface area contributed by atoms with Gasteiger partial charge in [0.05, 0.1) is 17.1 Å². The lowest BCUT2D eigenvalue weighted by Crippen LogP contribution is -2.31. The van der Waals surface area contributed by atoms with Crippen molar-refractivity contribution < 1.29 is 9.32 Å². The Bertz CT molecular complexity index is 1010. The van der Waals surface area contributed by atoms with Crippen molar-refractivity contribution in [3.63, 3.8) is 0 Å². The summed E-state index contributed by atoms with van der Waals surface area (Å²) >= 11 is 0. The molecule has 1 fully saturated rings. The minimum absolute atomic E-state index is 0.0517. The average molecular weight is 396 g/mol. The summed E-state index contributed by atoms with van der Waals surface area (Å²) < 4.78 is 7.46. The van der Waals surface area contributed by atoms with Gasteiger partial charge >= 0.3 is 0 Å². The van der Waals surface area contributed by atoms with E-state index in [9.17, 15) is 4.79 Å². The first-order valence-electron chi connectivity index (χ1n) is 10.4. The van der Waals surface area contributed by atoms with E-state index in [4.69, 9.17) is 9.51 Å². The number of rotatable bonds is 5. The molecule has 2 aromatic heterocycles. The molecule has 0 spiro atoms. The smallest absolute Gasteiger partial charge is 0.226 e. The molecule has 29 heavy (non-hydrogen) atoms. The first-order chi connectivity index (χ1) is 13.8. The molecule has 3 aromatic rings. The molecule has 1 aliphatic rings. The van der Waals surface area contributed by atoms with Gasteiger partial charge in [-0.25, -0.2) is 4.98 Å². The van der Waals surface area contributed by atoms with Crippen molar-refractivity contribution in [1.29, 1.82) is 0 Å². The number of fused-ring (bicyclic) bond motifs is 1. The summed E-state index contributed by atoms with van der Waals surface area (Å²) in [5.41, 5.74) is 1.95. The maximum atomic E-state index is 12.9. The Balaban J connectivity index is 1.40. The number of amides is 1. The van der Waals surface area contributed by atoms with Crippen LogP contribution in [0, 0.1) is 0 Å². The monoisotopic (exact) mass is 395 g/mol. The average Bonchev–Trinajstić information content (AvgIpc) is 3.40. The van der Waals surface area contributed by atoms with Crippen molar-refractivity contribution in [2.45, 2.75) is 64.3 Å². The van der Waals surface area contributed by atoms with Gasteiger partial charge in [0, 0.05) is 31.8 Å². The van der Waals surface area contributed by atoms with Crippen LogP contribution in [0.3, 0.4) is 0 Å². The SMILES string of the molecule is Cn1c(C2CCCN2C(=O)CCCc2nc(C(C)(C)C)no2)nc2ccccc21. The molecular formula is C22H29N5O2. The highest BCUT2D eigenvalue weighted by molar-refractivity contribution is 5.78. The minimum atomic E-state index is -0.133. The number of nitrogens with zero attached hydrogens (tertiary/aromatic N) is 5. The Morgan fingerprint density at radius 2 is 2.03 bits per heavy atom. The largest absolute Gasteiger partial charge is 0.339 e. The minimum Gasteiger partial charge on any atom is -0.339 e. The third-order valence-corrected chi connectivity index (χ3v) is 5.61. The number of benzene rings is 1. The zero-order valence-corrected chi connectivity index (χ0v) is 17.7. The topological polar surface area (TPSA) is 77.0 Å². The maximum absolute atomic E-state index is 12.9. The molecular weight excluding hydrogens is 366 g/mol. The number of hydrogen-bond acceptors (Lipinski definition) is 5. The van der Waals surface area contributed by atoms with Gasteiger partial charge in [0.2, 0.25) is 11.8 Å².